The van der Waals surface area contributed by atoms with Gasteiger partial charge in [-0.1, -0.05) is 54.1 Å². The van der Waals surface area contributed by atoms with Crippen LogP contribution in [-0.4, -0.2) is 11.9 Å². The molecule has 0 N–H and O–H groups in total. The molecule has 0 aliphatic heterocycles. The van der Waals surface area contributed by atoms with Crippen LogP contribution in [0.2, 0.25) is 5.02 Å². The summed E-state index contributed by atoms with van der Waals surface area (Å²) in [6, 6.07) is 15.0. The average molecular weight is 318 g/mol. The fraction of sp³-hybridized carbons (Fsp3) is 0.125. The minimum atomic E-state index is -1.35. The second-order valence-electron chi connectivity index (χ2n) is 4.51. The van der Waals surface area contributed by atoms with Crippen molar-refractivity contribution in [3.8, 4) is 0 Å². The van der Waals surface area contributed by atoms with Crippen molar-refractivity contribution >= 4 is 23.5 Å². The third-order valence-electron chi connectivity index (χ3n) is 2.98. The van der Waals surface area contributed by atoms with Crippen molar-refractivity contribution < 1.29 is 14.3 Å². The van der Waals surface area contributed by atoms with Gasteiger partial charge in [0, 0.05) is 10.2 Å². The summed E-state index contributed by atoms with van der Waals surface area (Å²) in [4.78, 5) is 34.3. The molecule has 0 saturated carbocycles. The summed E-state index contributed by atoms with van der Waals surface area (Å²) in [5.74, 6) is -3.25. The van der Waals surface area contributed by atoms with Crippen molar-refractivity contribution in [3.05, 3.63) is 75.7 Å². The highest BCUT2D eigenvalue weighted by atomic mass is 35.5. The first-order valence-electron chi connectivity index (χ1n) is 6.45. The van der Waals surface area contributed by atoms with E-state index >= 15 is 0 Å². The second-order valence-corrected chi connectivity index (χ2v) is 4.95. The lowest BCUT2D eigenvalue weighted by atomic mass is 9.99. The van der Waals surface area contributed by atoms with Gasteiger partial charge in [-0.2, -0.15) is 0 Å². The molecule has 0 heterocycles. The highest BCUT2D eigenvalue weighted by Gasteiger charge is 2.30. The predicted molar refractivity (Wildman–Crippen MR) is 81.2 cm³/mol. The van der Waals surface area contributed by atoms with E-state index in [1.54, 1.807) is 54.6 Å². The number of rotatable bonds is 5. The van der Waals surface area contributed by atoms with Gasteiger partial charge < -0.3 is 4.74 Å². The number of carbonyl (C=O) groups is 2. The van der Waals surface area contributed by atoms with Crippen LogP contribution in [0.5, 0.6) is 0 Å². The lowest BCUT2D eigenvalue weighted by molar-refractivity contribution is -0.149. The van der Waals surface area contributed by atoms with Gasteiger partial charge in [-0.15, -0.1) is 4.91 Å². The Morgan fingerprint density at radius 2 is 1.82 bits per heavy atom. The molecule has 6 heteroatoms. The summed E-state index contributed by atoms with van der Waals surface area (Å²) < 4.78 is 5.11. The summed E-state index contributed by atoms with van der Waals surface area (Å²) in [5.41, 5.74) is 1.04. The number of amides is 1. The molecular weight excluding hydrogens is 306 g/mol. The van der Waals surface area contributed by atoms with Crippen LogP contribution < -0.4 is 0 Å². The predicted octanol–water partition coefficient (Wildman–Crippen LogP) is 3.46. The lowest BCUT2D eigenvalue weighted by Gasteiger charge is -2.12. The number of halogens is 1. The molecule has 1 atom stereocenters. The molecule has 1 amide bonds. The summed E-state index contributed by atoms with van der Waals surface area (Å²) in [6.07, 6.45) is 0. The van der Waals surface area contributed by atoms with Gasteiger partial charge in [0.2, 0.25) is 0 Å². The van der Waals surface area contributed by atoms with Crippen LogP contribution in [0.4, 0.5) is 0 Å². The van der Waals surface area contributed by atoms with Crippen molar-refractivity contribution in [2.75, 3.05) is 0 Å². The molecule has 0 fully saturated rings. The van der Waals surface area contributed by atoms with E-state index < -0.39 is 17.8 Å². The average Bonchev–Trinajstić information content (AvgIpc) is 2.54. The minimum Gasteiger partial charge on any atom is -0.460 e. The molecule has 2 aromatic carbocycles. The van der Waals surface area contributed by atoms with Crippen LogP contribution in [0.3, 0.4) is 0 Å². The third-order valence-corrected chi connectivity index (χ3v) is 3.21. The van der Waals surface area contributed by atoms with Crippen LogP contribution in [-0.2, 0) is 20.9 Å². The third kappa shape index (κ3) is 3.99. The first-order valence-corrected chi connectivity index (χ1v) is 6.83. The van der Waals surface area contributed by atoms with Gasteiger partial charge in [-0.05, 0) is 23.3 Å². The van der Waals surface area contributed by atoms with E-state index in [9.17, 15) is 14.5 Å². The largest absolute Gasteiger partial charge is 0.460 e. The molecule has 0 radical (unpaired) electrons. The van der Waals surface area contributed by atoms with Gasteiger partial charge in [0.25, 0.3) is 0 Å². The lowest BCUT2D eigenvalue weighted by Crippen LogP contribution is -2.22. The first-order chi connectivity index (χ1) is 10.6. The number of hydrogen-bond acceptors (Lipinski definition) is 4. The zero-order chi connectivity index (χ0) is 15.9. The Balaban J connectivity index is 2.13. The maximum Gasteiger partial charge on any atom is 0.323 e. The van der Waals surface area contributed by atoms with Crippen LogP contribution in [0.25, 0.3) is 0 Å². The topological polar surface area (TPSA) is 72.8 Å². The van der Waals surface area contributed by atoms with E-state index in [1.165, 1.54) is 0 Å². The minimum absolute atomic E-state index is 0.0468. The second kappa shape index (κ2) is 7.47. The fourth-order valence-electron chi connectivity index (χ4n) is 1.94. The van der Waals surface area contributed by atoms with E-state index in [0.717, 1.165) is 0 Å². The van der Waals surface area contributed by atoms with E-state index in [2.05, 4.69) is 5.18 Å². The van der Waals surface area contributed by atoms with Crippen molar-refractivity contribution in [2.45, 2.75) is 12.5 Å². The fourth-order valence-corrected chi connectivity index (χ4v) is 2.16. The molecule has 0 saturated heterocycles. The van der Waals surface area contributed by atoms with E-state index in [4.69, 9.17) is 16.3 Å². The van der Waals surface area contributed by atoms with E-state index in [-0.39, 0.29) is 6.61 Å². The Kier molecular flexibility index (Phi) is 5.38. The number of nitroso groups, excluding NO2 is 1. The quantitative estimate of drug-likeness (QED) is 0.481. The molecule has 0 spiro atoms. The number of ether oxygens (including phenoxy) is 1. The summed E-state index contributed by atoms with van der Waals surface area (Å²) in [7, 11) is 0. The molecule has 22 heavy (non-hydrogen) atoms. The van der Waals surface area contributed by atoms with Crippen LogP contribution in [0, 0.1) is 4.91 Å². The Labute approximate surface area is 131 Å². The van der Waals surface area contributed by atoms with Gasteiger partial charge in [0.05, 0.1) is 0 Å². The van der Waals surface area contributed by atoms with E-state index in [0.29, 0.717) is 16.1 Å². The Morgan fingerprint density at radius 3 is 2.45 bits per heavy atom. The summed E-state index contributed by atoms with van der Waals surface area (Å²) >= 11 is 5.84. The number of esters is 1. The first kappa shape index (κ1) is 15.9. The van der Waals surface area contributed by atoms with Gasteiger partial charge >= 0.3 is 11.9 Å². The molecule has 0 bridgehead atoms. The molecule has 2 rings (SSSR count). The van der Waals surface area contributed by atoms with Crippen molar-refractivity contribution in [2.24, 2.45) is 5.18 Å². The van der Waals surface area contributed by atoms with Crippen molar-refractivity contribution in [3.63, 3.8) is 0 Å². The van der Waals surface area contributed by atoms with Crippen molar-refractivity contribution in [1.29, 1.82) is 0 Å². The Morgan fingerprint density at radius 1 is 1.09 bits per heavy atom. The van der Waals surface area contributed by atoms with Gasteiger partial charge in [0.1, 0.15) is 6.61 Å². The number of nitrogens with zero attached hydrogens (tertiary/aromatic N) is 1. The van der Waals surface area contributed by atoms with Crippen LogP contribution in [0.15, 0.2) is 59.8 Å². The summed E-state index contributed by atoms with van der Waals surface area (Å²) in [5, 5.41) is 2.86. The molecule has 0 aliphatic rings. The highest BCUT2D eigenvalue weighted by Crippen LogP contribution is 2.20. The molecule has 1 unspecified atom stereocenters. The van der Waals surface area contributed by atoms with Gasteiger partial charge in [-0.3, -0.25) is 9.59 Å². The molecule has 2 aromatic rings. The SMILES string of the molecule is O=NC(=O)C(C(=O)OCc1cccc(Cl)c1)c1ccccc1. The van der Waals surface area contributed by atoms with E-state index in [1.807, 2.05) is 0 Å². The standard InChI is InChI=1S/C16H12ClNO4/c17-13-8-4-5-11(9-13)10-22-16(20)14(15(19)18-21)12-6-2-1-3-7-12/h1-9,14H,10H2. The molecule has 112 valence electrons. The van der Waals surface area contributed by atoms with Gasteiger partial charge in [-0.25, -0.2) is 0 Å². The Bertz CT molecular complexity index is 688. The van der Waals surface area contributed by atoms with Crippen LogP contribution >= 0.6 is 11.6 Å². The maximum absolute atomic E-state index is 12.1. The summed E-state index contributed by atoms with van der Waals surface area (Å²) in [6.45, 7) is -0.0468. The maximum atomic E-state index is 12.1. The Hall–Kier alpha value is -2.53. The molecule has 0 aliphatic carbocycles. The molecule has 0 aromatic heterocycles. The van der Waals surface area contributed by atoms with Crippen LogP contribution in [0.1, 0.15) is 17.0 Å². The zero-order valence-electron chi connectivity index (χ0n) is 11.4. The van der Waals surface area contributed by atoms with Crippen molar-refractivity contribution in [1.82, 2.24) is 0 Å². The highest BCUT2D eigenvalue weighted by molar-refractivity contribution is 6.30. The monoisotopic (exact) mass is 317 g/mol. The number of carbonyl (C=O) groups excluding carboxylic acids is 2. The molecular formula is C16H12ClNO4. The normalized spacial score (nSPS) is 11.5. The number of hydrogen-bond donors (Lipinski definition) is 0. The number of benzene rings is 2. The zero-order valence-corrected chi connectivity index (χ0v) is 12.2. The smallest absolute Gasteiger partial charge is 0.323 e. The van der Waals surface area contributed by atoms with Gasteiger partial charge in [0.15, 0.2) is 5.92 Å². The molecule has 5 nitrogen and oxygen atoms in total.